The molecule has 0 spiro atoms. The summed E-state index contributed by atoms with van der Waals surface area (Å²) in [5.41, 5.74) is 7.90. The number of hydrogen-bond acceptors (Lipinski definition) is 4. The molecule has 2 unspecified atom stereocenters. The average molecular weight is 463 g/mol. The largest absolute Gasteiger partial charge is 0.352 e. The molecule has 2 aliphatic rings. The van der Waals surface area contributed by atoms with Crippen molar-refractivity contribution in [1.82, 2.24) is 10.3 Å². The summed E-state index contributed by atoms with van der Waals surface area (Å²) < 4.78 is 0. The molecule has 2 aliphatic carbocycles. The quantitative estimate of drug-likeness (QED) is 0.681. The standard InChI is InChI=1S/C20H24ClN3OS.2ClH/c21-17-7-2-1-6-16(17)20-23-15(11-26-20)10-18(25)24-19-12-4-3-5-13(19)9-14(22)8-12;;/h1-2,6-7,11-14,19H,3-5,8-10,22H2,(H,24,25);2*1H. The summed E-state index contributed by atoms with van der Waals surface area (Å²) >= 11 is 7.78. The van der Waals surface area contributed by atoms with Crippen molar-refractivity contribution in [2.45, 2.75) is 50.6 Å². The van der Waals surface area contributed by atoms with Gasteiger partial charge in [-0.15, -0.1) is 36.2 Å². The van der Waals surface area contributed by atoms with Crippen LogP contribution in [0.1, 0.15) is 37.8 Å². The van der Waals surface area contributed by atoms with Crippen molar-refractivity contribution in [2.24, 2.45) is 17.6 Å². The summed E-state index contributed by atoms with van der Waals surface area (Å²) in [6, 6.07) is 8.25. The van der Waals surface area contributed by atoms with E-state index in [9.17, 15) is 4.79 Å². The third-order valence-corrected chi connectivity index (χ3v) is 6.96. The Labute approximate surface area is 187 Å². The zero-order valence-electron chi connectivity index (χ0n) is 15.5. The van der Waals surface area contributed by atoms with E-state index in [-0.39, 0.29) is 36.8 Å². The van der Waals surface area contributed by atoms with E-state index in [2.05, 4.69) is 10.3 Å². The molecule has 154 valence electrons. The molecule has 4 rings (SSSR count). The normalized spacial score (nSPS) is 25.9. The number of nitrogens with two attached hydrogens (primary N) is 1. The Balaban J connectivity index is 0.00000140. The van der Waals surface area contributed by atoms with E-state index in [1.807, 2.05) is 29.6 Å². The summed E-state index contributed by atoms with van der Waals surface area (Å²) in [7, 11) is 0. The van der Waals surface area contributed by atoms with E-state index in [1.54, 1.807) is 0 Å². The van der Waals surface area contributed by atoms with Crippen LogP contribution in [0.2, 0.25) is 5.02 Å². The molecule has 1 aromatic carbocycles. The first-order chi connectivity index (χ1) is 12.6. The van der Waals surface area contributed by atoms with Crippen LogP contribution in [0.15, 0.2) is 29.6 Å². The Kier molecular flexibility index (Phi) is 8.59. The molecule has 2 atom stereocenters. The fourth-order valence-electron chi connectivity index (χ4n) is 4.57. The van der Waals surface area contributed by atoms with Gasteiger partial charge in [-0.3, -0.25) is 4.79 Å². The van der Waals surface area contributed by atoms with Gasteiger partial charge in [-0.2, -0.15) is 0 Å². The first-order valence-electron chi connectivity index (χ1n) is 9.34. The highest BCUT2D eigenvalue weighted by molar-refractivity contribution is 7.13. The lowest BCUT2D eigenvalue weighted by Gasteiger charge is -2.45. The Bertz CT molecular complexity index is 787. The van der Waals surface area contributed by atoms with Gasteiger partial charge in [-0.1, -0.05) is 36.2 Å². The monoisotopic (exact) mass is 461 g/mol. The summed E-state index contributed by atoms with van der Waals surface area (Å²) in [6.07, 6.45) is 6.03. The van der Waals surface area contributed by atoms with Crippen molar-refractivity contribution in [1.29, 1.82) is 0 Å². The van der Waals surface area contributed by atoms with Gasteiger partial charge in [0.15, 0.2) is 0 Å². The van der Waals surface area contributed by atoms with Crippen LogP contribution < -0.4 is 11.1 Å². The number of fused-ring (bicyclic) bond motifs is 2. The molecule has 0 aliphatic heterocycles. The van der Waals surface area contributed by atoms with Crippen LogP contribution in [0.4, 0.5) is 0 Å². The van der Waals surface area contributed by atoms with E-state index in [1.165, 1.54) is 30.6 Å². The maximum Gasteiger partial charge on any atom is 0.226 e. The summed E-state index contributed by atoms with van der Waals surface area (Å²) in [5.74, 6) is 1.14. The van der Waals surface area contributed by atoms with Crippen LogP contribution in [0.3, 0.4) is 0 Å². The summed E-state index contributed by atoms with van der Waals surface area (Å²) in [5, 5.41) is 6.79. The first kappa shape index (κ1) is 23.4. The van der Waals surface area contributed by atoms with Gasteiger partial charge < -0.3 is 11.1 Å². The highest BCUT2D eigenvalue weighted by atomic mass is 35.5. The predicted octanol–water partition coefficient (Wildman–Crippen LogP) is 4.87. The van der Waals surface area contributed by atoms with Crippen molar-refractivity contribution in [3.63, 3.8) is 0 Å². The second kappa shape index (κ2) is 10.3. The third-order valence-electron chi connectivity index (χ3n) is 5.70. The molecular weight excluding hydrogens is 437 g/mol. The molecule has 28 heavy (non-hydrogen) atoms. The second-order valence-corrected chi connectivity index (χ2v) is 8.84. The van der Waals surface area contributed by atoms with Gasteiger partial charge in [0.05, 0.1) is 17.1 Å². The van der Waals surface area contributed by atoms with Crippen molar-refractivity contribution in [3.8, 4) is 10.6 Å². The van der Waals surface area contributed by atoms with Crippen LogP contribution in [-0.2, 0) is 11.2 Å². The highest BCUT2D eigenvalue weighted by Gasteiger charge is 2.39. The Morgan fingerprint density at radius 1 is 1.21 bits per heavy atom. The second-order valence-electron chi connectivity index (χ2n) is 7.58. The Morgan fingerprint density at radius 2 is 1.89 bits per heavy atom. The smallest absolute Gasteiger partial charge is 0.226 e. The third kappa shape index (κ3) is 5.19. The van der Waals surface area contributed by atoms with Crippen molar-refractivity contribution in [3.05, 3.63) is 40.4 Å². The topological polar surface area (TPSA) is 68.0 Å². The number of rotatable bonds is 4. The molecular formula is C20H26Cl3N3OS. The first-order valence-corrected chi connectivity index (χ1v) is 10.6. The number of halogens is 3. The van der Waals surface area contributed by atoms with Gasteiger partial charge in [0.2, 0.25) is 5.91 Å². The molecule has 0 radical (unpaired) electrons. The number of amides is 1. The molecule has 1 amide bonds. The number of thiazole rings is 1. The minimum Gasteiger partial charge on any atom is -0.352 e. The highest BCUT2D eigenvalue weighted by Crippen LogP contribution is 2.39. The molecule has 1 heterocycles. The summed E-state index contributed by atoms with van der Waals surface area (Å²) in [6.45, 7) is 0. The van der Waals surface area contributed by atoms with E-state index in [4.69, 9.17) is 17.3 Å². The van der Waals surface area contributed by atoms with E-state index < -0.39 is 0 Å². The summed E-state index contributed by atoms with van der Waals surface area (Å²) in [4.78, 5) is 17.2. The zero-order valence-corrected chi connectivity index (χ0v) is 18.7. The van der Waals surface area contributed by atoms with Crippen molar-refractivity contribution in [2.75, 3.05) is 0 Å². The maximum absolute atomic E-state index is 12.6. The van der Waals surface area contributed by atoms with E-state index in [0.717, 1.165) is 29.1 Å². The number of hydrogen-bond donors (Lipinski definition) is 2. The number of nitrogens with zero attached hydrogens (tertiary/aromatic N) is 1. The number of aromatic nitrogens is 1. The van der Waals surface area contributed by atoms with Crippen molar-refractivity contribution >= 4 is 53.7 Å². The van der Waals surface area contributed by atoms with Gasteiger partial charge in [0.25, 0.3) is 0 Å². The Hall–Kier alpha value is -0.850. The SMILES string of the molecule is Cl.Cl.NC1CC2CCCC(C1)C2NC(=O)Cc1csc(-c2ccccc2Cl)n1. The van der Waals surface area contributed by atoms with Crippen molar-refractivity contribution < 1.29 is 4.79 Å². The number of carbonyl (C=O) groups is 1. The van der Waals surface area contributed by atoms with Crippen LogP contribution in [0.25, 0.3) is 10.6 Å². The molecule has 0 saturated heterocycles. The lowest BCUT2D eigenvalue weighted by Crippen LogP contribution is -2.54. The predicted molar refractivity (Wildman–Crippen MR) is 121 cm³/mol. The van der Waals surface area contributed by atoms with Gasteiger partial charge in [-0.25, -0.2) is 4.98 Å². The lowest BCUT2D eigenvalue weighted by molar-refractivity contribution is -0.122. The van der Waals surface area contributed by atoms with Crippen LogP contribution in [0.5, 0.6) is 0 Å². The lowest BCUT2D eigenvalue weighted by atomic mass is 9.67. The van der Waals surface area contributed by atoms with Crippen LogP contribution in [-0.4, -0.2) is 23.0 Å². The zero-order chi connectivity index (χ0) is 18.1. The molecule has 2 aromatic rings. The van der Waals surface area contributed by atoms with Crippen LogP contribution >= 0.6 is 47.8 Å². The maximum atomic E-state index is 12.6. The molecule has 1 aromatic heterocycles. The molecule has 3 N–H and O–H groups in total. The van der Waals surface area contributed by atoms with E-state index in [0.29, 0.717) is 29.3 Å². The number of benzene rings is 1. The Morgan fingerprint density at radius 3 is 2.57 bits per heavy atom. The minimum absolute atomic E-state index is 0. The average Bonchev–Trinajstić information content (AvgIpc) is 3.04. The van der Waals surface area contributed by atoms with E-state index >= 15 is 0 Å². The fourth-order valence-corrected chi connectivity index (χ4v) is 5.71. The van der Waals surface area contributed by atoms with Gasteiger partial charge >= 0.3 is 0 Å². The van der Waals surface area contributed by atoms with Gasteiger partial charge in [0.1, 0.15) is 5.01 Å². The molecule has 2 saturated carbocycles. The molecule has 4 nitrogen and oxygen atoms in total. The number of nitrogens with one attached hydrogen (secondary N) is 1. The molecule has 2 bridgehead atoms. The minimum atomic E-state index is 0. The number of carbonyl (C=O) groups excluding carboxylic acids is 1. The molecule has 8 heteroatoms. The van der Waals surface area contributed by atoms with Crippen LogP contribution in [0, 0.1) is 11.8 Å². The fraction of sp³-hybridized carbons (Fsp3) is 0.500. The van der Waals surface area contributed by atoms with Gasteiger partial charge in [0, 0.05) is 23.0 Å². The van der Waals surface area contributed by atoms with Gasteiger partial charge in [-0.05, 0) is 43.6 Å². The molecule has 2 fully saturated rings.